The van der Waals surface area contributed by atoms with Crippen LogP contribution in [0.15, 0.2) is 12.1 Å². The fourth-order valence-electron chi connectivity index (χ4n) is 2.83. The van der Waals surface area contributed by atoms with Gasteiger partial charge in [0.15, 0.2) is 23.2 Å². The molecule has 1 aromatic carbocycles. The molecule has 0 aliphatic heterocycles. The topological polar surface area (TPSA) is 17.1 Å². The van der Waals surface area contributed by atoms with Gasteiger partial charge in [0.1, 0.15) is 0 Å². The molecule has 0 N–H and O–H groups in total. The summed E-state index contributed by atoms with van der Waals surface area (Å²) in [4.78, 5) is 12.2. The lowest BCUT2D eigenvalue weighted by atomic mass is 9.77. The van der Waals surface area contributed by atoms with E-state index in [-0.39, 0.29) is 17.3 Å². The van der Waals surface area contributed by atoms with Gasteiger partial charge in [-0.15, -0.1) is 0 Å². The van der Waals surface area contributed by atoms with Crippen molar-refractivity contribution in [2.45, 2.75) is 39.0 Å². The van der Waals surface area contributed by atoms with Gasteiger partial charge in [0.25, 0.3) is 0 Å². The second-order valence-electron chi connectivity index (χ2n) is 5.26. The highest BCUT2D eigenvalue weighted by Crippen LogP contribution is 2.33. The molecule has 1 aliphatic carbocycles. The van der Waals surface area contributed by atoms with Crippen LogP contribution in [-0.2, 0) is 0 Å². The van der Waals surface area contributed by atoms with Crippen molar-refractivity contribution in [1.82, 2.24) is 0 Å². The molecule has 19 heavy (non-hydrogen) atoms. The Bertz CT molecular complexity index is 461. The Morgan fingerprint density at radius 1 is 1.21 bits per heavy atom. The molecule has 0 aromatic heterocycles. The fourth-order valence-corrected chi connectivity index (χ4v) is 2.83. The number of rotatable bonds is 3. The normalized spacial score (nSPS) is 23.4. The van der Waals surface area contributed by atoms with Crippen LogP contribution in [0.25, 0.3) is 0 Å². The molecule has 1 nitrogen and oxygen atoms in total. The summed E-state index contributed by atoms with van der Waals surface area (Å²) in [6.45, 7) is 2.08. The molecule has 0 amide bonds. The molecule has 0 radical (unpaired) electrons. The Morgan fingerprint density at radius 3 is 2.42 bits per heavy atom. The standard InChI is InChI=1S/C15H17F3O/c1-2-9-4-3-5-10(6-9)15(19)11-7-12(16)14(18)13(17)8-11/h7-10H,2-6H2,1H3. The average molecular weight is 270 g/mol. The SMILES string of the molecule is CCC1CCCC(C(=O)c2cc(F)c(F)c(F)c2)C1. The van der Waals surface area contributed by atoms with E-state index in [1.165, 1.54) is 0 Å². The molecule has 1 aromatic rings. The largest absolute Gasteiger partial charge is 0.294 e. The maximum Gasteiger partial charge on any atom is 0.194 e. The van der Waals surface area contributed by atoms with Gasteiger partial charge in [-0.25, -0.2) is 13.2 Å². The zero-order valence-electron chi connectivity index (χ0n) is 10.9. The smallest absolute Gasteiger partial charge is 0.194 e. The zero-order valence-corrected chi connectivity index (χ0v) is 10.9. The molecular formula is C15H17F3O. The molecule has 2 rings (SSSR count). The average Bonchev–Trinajstić information content (AvgIpc) is 2.43. The monoisotopic (exact) mass is 270 g/mol. The lowest BCUT2D eigenvalue weighted by Gasteiger charge is -2.27. The van der Waals surface area contributed by atoms with E-state index in [4.69, 9.17) is 0 Å². The van der Waals surface area contributed by atoms with Crippen molar-refractivity contribution < 1.29 is 18.0 Å². The third kappa shape index (κ3) is 2.99. The van der Waals surface area contributed by atoms with Crippen LogP contribution in [0.5, 0.6) is 0 Å². The summed E-state index contributed by atoms with van der Waals surface area (Å²) in [7, 11) is 0. The number of hydrogen-bond donors (Lipinski definition) is 0. The number of carbonyl (C=O) groups excluding carboxylic acids is 1. The summed E-state index contributed by atoms with van der Waals surface area (Å²) in [6.07, 6.45) is 4.58. The van der Waals surface area contributed by atoms with Crippen molar-refractivity contribution in [3.05, 3.63) is 35.1 Å². The fraction of sp³-hybridized carbons (Fsp3) is 0.533. The molecule has 1 saturated carbocycles. The Kier molecular flexibility index (Phi) is 4.27. The third-order valence-corrected chi connectivity index (χ3v) is 4.00. The maximum atomic E-state index is 13.1. The molecule has 1 fully saturated rings. The lowest BCUT2D eigenvalue weighted by molar-refractivity contribution is 0.0861. The maximum absolute atomic E-state index is 13.1. The van der Waals surface area contributed by atoms with E-state index in [0.717, 1.165) is 44.2 Å². The van der Waals surface area contributed by atoms with E-state index in [0.29, 0.717) is 5.92 Å². The molecule has 2 atom stereocenters. The first-order valence-electron chi connectivity index (χ1n) is 6.71. The first-order valence-corrected chi connectivity index (χ1v) is 6.71. The zero-order chi connectivity index (χ0) is 14.0. The van der Waals surface area contributed by atoms with Crippen molar-refractivity contribution in [1.29, 1.82) is 0 Å². The van der Waals surface area contributed by atoms with Gasteiger partial charge < -0.3 is 0 Å². The van der Waals surface area contributed by atoms with Gasteiger partial charge in [-0.1, -0.05) is 26.2 Å². The number of benzene rings is 1. The molecule has 0 heterocycles. The molecular weight excluding hydrogens is 253 g/mol. The highest BCUT2D eigenvalue weighted by Gasteiger charge is 2.28. The predicted molar refractivity (Wildman–Crippen MR) is 66.4 cm³/mol. The van der Waals surface area contributed by atoms with Gasteiger partial charge in [0.05, 0.1) is 0 Å². The summed E-state index contributed by atoms with van der Waals surface area (Å²) >= 11 is 0. The van der Waals surface area contributed by atoms with Gasteiger partial charge in [0.2, 0.25) is 0 Å². The Morgan fingerprint density at radius 2 is 1.84 bits per heavy atom. The van der Waals surface area contributed by atoms with Gasteiger partial charge in [-0.3, -0.25) is 4.79 Å². The van der Waals surface area contributed by atoms with E-state index in [2.05, 4.69) is 6.92 Å². The van der Waals surface area contributed by atoms with Crippen molar-refractivity contribution in [3.8, 4) is 0 Å². The van der Waals surface area contributed by atoms with Crippen LogP contribution in [0.4, 0.5) is 13.2 Å². The van der Waals surface area contributed by atoms with Crippen molar-refractivity contribution in [2.75, 3.05) is 0 Å². The van der Waals surface area contributed by atoms with Crippen LogP contribution in [-0.4, -0.2) is 5.78 Å². The van der Waals surface area contributed by atoms with Crippen LogP contribution in [0.2, 0.25) is 0 Å². The van der Waals surface area contributed by atoms with E-state index in [9.17, 15) is 18.0 Å². The van der Waals surface area contributed by atoms with E-state index < -0.39 is 17.5 Å². The van der Waals surface area contributed by atoms with E-state index in [1.807, 2.05) is 0 Å². The molecule has 4 heteroatoms. The molecule has 104 valence electrons. The van der Waals surface area contributed by atoms with Gasteiger partial charge in [-0.05, 0) is 30.9 Å². The minimum absolute atomic E-state index is 0.0573. The summed E-state index contributed by atoms with van der Waals surface area (Å²) < 4.78 is 39.2. The van der Waals surface area contributed by atoms with E-state index >= 15 is 0 Å². The van der Waals surface area contributed by atoms with Crippen LogP contribution < -0.4 is 0 Å². The lowest BCUT2D eigenvalue weighted by Crippen LogP contribution is -2.23. The predicted octanol–water partition coefficient (Wildman–Crippen LogP) is 4.50. The summed E-state index contributed by atoms with van der Waals surface area (Å²) in [5, 5.41) is 0. The van der Waals surface area contributed by atoms with Crippen molar-refractivity contribution in [2.24, 2.45) is 11.8 Å². The van der Waals surface area contributed by atoms with Gasteiger partial charge >= 0.3 is 0 Å². The second kappa shape index (κ2) is 5.76. The van der Waals surface area contributed by atoms with Crippen molar-refractivity contribution in [3.63, 3.8) is 0 Å². The van der Waals surface area contributed by atoms with Crippen LogP contribution in [0.3, 0.4) is 0 Å². The number of hydrogen-bond acceptors (Lipinski definition) is 1. The van der Waals surface area contributed by atoms with Crippen LogP contribution in [0.1, 0.15) is 49.4 Å². The first-order chi connectivity index (χ1) is 9.02. The van der Waals surface area contributed by atoms with Gasteiger partial charge in [0, 0.05) is 11.5 Å². The molecule has 0 bridgehead atoms. The molecule has 1 aliphatic rings. The molecule has 0 spiro atoms. The van der Waals surface area contributed by atoms with Crippen LogP contribution in [0, 0.1) is 29.3 Å². The minimum atomic E-state index is -1.52. The quantitative estimate of drug-likeness (QED) is 0.583. The third-order valence-electron chi connectivity index (χ3n) is 4.00. The number of Topliss-reactive ketones (excluding diaryl/α,β-unsaturated/α-hetero) is 1. The number of halogens is 3. The summed E-state index contributed by atoms with van der Waals surface area (Å²) in [6, 6.07) is 1.60. The second-order valence-corrected chi connectivity index (χ2v) is 5.26. The summed E-state index contributed by atoms with van der Waals surface area (Å²) in [5.74, 6) is -4.08. The highest BCUT2D eigenvalue weighted by atomic mass is 19.2. The Labute approximate surface area is 110 Å². The minimum Gasteiger partial charge on any atom is -0.294 e. The van der Waals surface area contributed by atoms with Gasteiger partial charge in [-0.2, -0.15) is 0 Å². The van der Waals surface area contributed by atoms with E-state index in [1.54, 1.807) is 0 Å². The Balaban J connectivity index is 2.19. The van der Waals surface area contributed by atoms with Crippen molar-refractivity contribution >= 4 is 5.78 Å². The summed E-state index contributed by atoms with van der Waals surface area (Å²) in [5.41, 5.74) is -0.0573. The number of ketones is 1. The Hall–Kier alpha value is -1.32. The highest BCUT2D eigenvalue weighted by molar-refractivity contribution is 5.97. The number of carbonyl (C=O) groups is 1. The molecule has 2 unspecified atom stereocenters. The van der Waals surface area contributed by atoms with Crippen LogP contribution >= 0.6 is 0 Å². The first kappa shape index (κ1) is 14.1. The molecule has 0 saturated heterocycles.